The molecular weight excluding hydrogens is 382 g/mol. The number of benzene rings is 1. The first kappa shape index (κ1) is 15.8. The Kier molecular flexibility index (Phi) is 4.55. The van der Waals surface area contributed by atoms with Gasteiger partial charge in [-0.1, -0.05) is 0 Å². The van der Waals surface area contributed by atoms with Crippen molar-refractivity contribution in [3.05, 3.63) is 39.7 Å². The Morgan fingerprint density at radius 1 is 1.33 bits per heavy atom. The van der Waals surface area contributed by atoms with Gasteiger partial charge in [-0.15, -0.1) is 11.3 Å². The second-order valence-corrected chi connectivity index (χ2v) is 8.26. The minimum absolute atomic E-state index is 0.0423. The molecule has 0 spiro atoms. The van der Waals surface area contributed by atoms with Crippen molar-refractivity contribution in [1.82, 2.24) is 0 Å². The molecule has 21 heavy (non-hydrogen) atoms. The van der Waals surface area contributed by atoms with E-state index in [0.717, 1.165) is 17.4 Å². The summed E-state index contributed by atoms with van der Waals surface area (Å²) >= 11 is 4.25. The number of hydrogen-bond acceptors (Lipinski definition) is 6. The van der Waals surface area contributed by atoms with Gasteiger partial charge in [-0.25, -0.2) is 13.2 Å². The molecule has 0 bridgehead atoms. The third kappa shape index (κ3) is 3.55. The maximum Gasteiger partial charge on any atom is 0.341 e. The standard InChI is InChI=1S/C12H10BrNO5S2/c1-19-12(16)8-3-2-7(6-9(8)15)14-21(17,18)11-5-4-10(13)20-11/h2-6,14-15H,1H3. The lowest BCUT2D eigenvalue weighted by Crippen LogP contribution is -2.11. The number of methoxy groups -OCH3 is 1. The molecule has 6 nitrogen and oxygen atoms in total. The van der Waals surface area contributed by atoms with Gasteiger partial charge in [0.15, 0.2) is 0 Å². The third-order valence-electron chi connectivity index (χ3n) is 2.47. The molecule has 0 amide bonds. The highest BCUT2D eigenvalue weighted by Crippen LogP contribution is 2.29. The van der Waals surface area contributed by atoms with Crippen LogP contribution >= 0.6 is 27.3 Å². The second-order valence-electron chi connectivity index (χ2n) is 3.89. The Labute approximate surface area is 133 Å². The van der Waals surface area contributed by atoms with E-state index in [0.29, 0.717) is 3.79 Å². The fraction of sp³-hybridized carbons (Fsp3) is 0.0833. The zero-order valence-corrected chi connectivity index (χ0v) is 13.9. The van der Waals surface area contributed by atoms with Crippen LogP contribution in [0, 0.1) is 0 Å². The van der Waals surface area contributed by atoms with Crippen LogP contribution in [0.2, 0.25) is 0 Å². The molecule has 2 rings (SSSR count). The number of anilines is 1. The topological polar surface area (TPSA) is 92.7 Å². The molecule has 2 N–H and O–H groups in total. The fourth-order valence-corrected chi connectivity index (χ4v) is 4.58. The smallest absolute Gasteiger partial charge is 0.341 e. The van der Waals surface area contributed by atoms with Crippen LogP contribution in [0.4, 0.5) is 5.69 Å². The van der Waals surface area contributed by atoms with Gasteiger partial charge in [0.1, 0.15) is 15.5 Å². The summed E-state index contributed by atoms with van der Waals surface area (Å²) < 4.78 is 31.8. The first-order chi connectivity index (χ1) is 9.83. The molecule has 0 fully saturated rings. The van der Waals surface area contributed by atoms with Gasteiger partial charge in [0.2, 0.25) is 0 Å². The number of ether oxygens (including phenoxy) is 1. The highest BCUT2D eigenvalue weighted by molar-refractivity contribution is 9.11. The van der Waals surface area contributed by atoms with E-state index in [2.05, 4.69) is 25.4 Å². The van der Waals surface area contributed by atoms with E-state index >= 15 is 0 Å². The normalized spacial score (nSPS) is 11.1. The van der Waals surface area contributed by atoms with Crippen LogP contribution in [0.1, 0.15) is 10.4 Å². The van der Waals surface area contributed by atoms with Crippen LogP contribution in [0.25, 0.3) is 0 Å². The summed E-state index contributed by atoms with van der Waals surface area (Å²) in [5, 5.41) is 9.72. The lowest BCUT2D eigenvalue weighted by molar-refractivity contribution is 0.0597. The maximum absolute atomic E-state index is 12.1. The van der Waals surface area contributed by atoms with Gasteiger partial charge in [-0.3, -0.25) is 4.72 Å². The molecule has 1 aromatic heterocycles. The highest BCUT2D eigenvalue weighted by atomic mass is 79.9. The van der Waals surface area contributed by atoms with Crippen molar-refractivity contribution in [2.45, 2.75) is 4.21 Å². The number of nitrogens with one attached hydrogen (secondary N) is 1. The SMILES string of the molecule is COC(=O)c1ccc(NS(=O)(=O)c2ccc(Br)s2)cc1O. The molecule has 0 saturated heterocycles. The number of hydrogen-bond donors (Lipinski definition) is 2. The van der Waals surface area contributed by atoms with Crippen LogP contribution in [0.3, 0.4) is 0 Å². The fourth-order valence-electron chi connectivity index (χ4n) is 1.53. The molecule has 0 unspecified atom stereocenters. The highest BCUT2D eigenvalue weighted by Gasteiger charge is 2.18. The number of halogens is 1. The molecule has 0 radical (unpaired) electrons. The van der Waals surface area contributed by atoms with E-state index in [-0.39, 0.29) is 21.2 Å². The number of esters is 1. The number of rotatable bonds is 4. The van der Waals surface area contributed by atoms with Crippen LogP contribution in [0.5, 0.6) is 5.75 Å². The van der Waals surface area contributed by atoms with Gasteiger partial charge in [-0.05, 0) is 40.2 Å². The quantitative estimate of drug-likeness (QED) is 0.781. The van der Waals surface area contributed by atoms with E-state index in [1.54, 1.807) is 6.07 Å². The second kappa shape index (κ2) is 6.04. The summed E-state index contributed by atoms with van der Waals surface area (Å²) in [4.78, 5) is 11.3. The van der Waals surface area contributed by atoms with Crippen LogP contribution in [0.15, 0.2) is 38.3 Å². The van der Waals surface area contributed by atoms with Gasteiger partial charge in [0.25, 0.3) is 10.0 Å². The lowest BCUT2D eigenvalue weighted by atomic mass is 10.2. The molecule has 9 heteroatoms. The molecule has 0 atom stereocenters. The number of phenolic OH excluding ortho intramolecular Hbond substituents is 1. The maximum atomic E-state index is 12.1. The van der Waals surface area contributed by atoms with Crippen molar-refractivity contribution in [3.63, 3.8) is 0 Å². The molecule has 0 aliphatic carbocycles. The largest absolute Gasteiger partial charge is 0.507 e. The van der Waals surface area contributed by atoms with Gasteiger partial charge in [0.05, 0.1) is 16.6 Å². The van der Waals surface area contributed by atoms with Crippen LogP contribution in [-0.2, 0) is 14.8 Å². The summed E-state index contributed by atoms with van der Waals surface area (Å²) in [6.07, 6.45) is 0. The summed E-state index contributed by atoms with van der Waals surface area (Å²) in [6, 6.07) is 6.87. The van der Waals surface area contributed by atoms with E-state index in [4.69, 9.17) is 0 Å². The van der Waals surface area contributed by atoms with Crippen molar-refractivity contribution in [2.75, 3.05) is 11.8 Å². The molecule has 0 aliphatic rings. The van der Waals surface area contributed by atoms with Crippen LogP contribution < -0.4 is 4.72 Å². The molecule has 1 aromatic carbocycles. The number of thiophene rings is 1. The summed E-state index contributed by atoms with van der Waals surface area (Å²) in [7, 11) is -2.55. The molecule has 112 valence electrons. The first-order valence-electron chi connectivity index (χ1n) is 5.53. The first-order valence-corrected chi connectivity index (χ1v) is 8.62. The number of carbonyl (C=O) groups is 1. The summed E-state index contributed by atoms with van der Waals surface area (Å²) in [6.45, 7) is 0. The van der Waals surface area contributed by atoms with Crippen molar-refractivity contribution >= 4 is 48.9 Å². The Bertz CT molecular complexity index is 785. The summed E-state index contributed by atoms with van der Waals surface area (Å²) in [5.41, 5.74) is 0.101. The van der Waals surface area contributed by atoms with E-state index < -0.39 is 16.0 Å². The van der Waals surface area contributed by atoms with Crippen molar-refractivity contribution in [1.29, 1.82) is 0 Å². The monoisotopic (exact) mass is 391 g/mol. The minimum Gasteiger partial charge on any atom is -0.507 e. The van der Waals surface area contributed by atoms with E-state index in [1.807, 2.05) is 0 Å². The summed E-state index contributed by atoms with van der Waals surface area (Å²) in [5.74, 6) is -1.07. The van der Waals surface area contributed by atoms with Crippen molar-refractivity contribution < 1.29 is 23.1 Å². The van der Waals surface area contributed by atoms with Gasteiger partial charge < -0.3 is 9.84 Å². The number of sulfonamides is 1. The van der Waals surface area contributed by atoms with Gasteiger partial charge >= 0.3 is 5.97 Å². The average Bonchev–Trinajstić information content (AvgIpc) is 2.85. The predicted octanol–water partition coefficient (Wildman–Crippen LogP) is 2.80. The van der Waals surface area contributed by atoms with Crippen LogP contribution in [-0.4, -0.2) is 26.6 Å². The minimum atomic E-state index is -3.74. The molecule has 0 aliphatic heterocycles. The van der Waals surface area contributed by atoms with Crippen molar-refractivity contribution in [3.8, 4) is 5.75 Å². The van der Waals surface area contributed by atoms with E-state index in [1.165, 1.54) is 25.3 Å². The molecular formula is C12H10BrNO5S2. The van der Waals surface area contributed by atoms with Gasteiger partial charge in [0, 0.05) is 6.07 Å². The van der Waals surface area contributed by atoms with Gasteiger partial charge in [-0.2, -0.15) is 0 Å². The molecule has 2 aromatic rings. The molecule has 0 saturated carbocycles. The average molecular weight is 392 g/mol. The number of phenols is 1. The zero-order valence-electron chi connectivity index (χ0n) is 10.7. The van der Waals surface area contributed by atoms with Crippen molar-refractivity contribution in [2.24, 2.45) is 0 Å². The number of aromatic hydroxyl groups is 1. The Balaban J connectivity index is 2.28. The Morgan fingerprint density at radius 3 is 2.57 bits per heavy atom. The predicted molar refractivity (Wildman–Crippen MR) is 82.3 cm³/mol. The van der Waals surface area contributed by atoms with E-state index in [9.17, 15) is 18.3 Å². The number of carbonyl (C=O) groups excluding carboxylic acids is 1. The third-order valence-corrected chi connectivity index (χ3v) is 5.97. The zero-order chi connectivity index (χ0) is 15.6. The Hall–Kier alpha value is -1.58. The molecule has 1 heterocycles. The lowest BCUT2D eigenvalue weighted by Gasteiger charge is -2.08. The Morgan fingerprint density at radius 2 is 2.05 bits per heavy atom.